The van der Waals surface area contributed by atoms with E-state index in [1.807, 2.05) is 54.6 Å². The van der Waals surface area contributed by atoms with Gasteiger partial charge >= 0.3 is 0 Å². The minimum atomic E-state index is -3.07. The number of hydrogen-bond donors (Lipinski definition) is 0. The van der Waals surface area contributed by atoms with E-state index in [-0.39, 0.29) is 11.5 Å². The summed E-state index contributed by atoms with van der Waals surface area (Å²) in [6.07, 6.45) is 0.577. The maximum absolute atomic E-state index is 12.2. The van der Waals surface area contributed by atoms with Crippen molar-refractivity contribution in [2.75, 3.05) is 5.75 Å². The van der Waals surface area contributed by atoms with Crippen molar-refractivity contribution < 1.29 is 8.42 Å². The topological polar surface area (TPSA) is 34.1 Å². The summed E-state index contributed by atoms with van der Waals surface area (Å²) in [5, 5.41) is 0. The van der Waals surface area contributed by atoms with Crippen LogP contribution in [0.4, 0.5) is 0 Å². The van der Waals surface area contributed by atoms with Crippen molar-refractivity contribution in [3.63, 3.8) is 0 Å². The Morgan fingerprint density at radius 1 is 0.857 bits per heavy atom. The van der Waals surface area contributed by atoms with E-state index >= 15 is 0 Å². The summed E-state index contributed by atoms with van der Waals surface area (Å²) in [6.45, 7) is 4.26. The zero-order valence-electron chi connectivity index (χ0n) is 12.6. The zero-order valence-corrected chi connectivity index (χ0v) is 13.4. The minimum Gasteiger partial charge on any atom is -0.228 e. The quantitative estimate of drug-likeness (QED) is 0.809. The van der Waals surface area contributed by atoms with E-state index in [9.17, 15) is 8.42 Å². The van der Waals surface area contributed by atoms with Gasteiger partial charge in [-0.3, -0.25) is 0 Å². The fourth-order valence-electron chi connectivity index (χ4n) is 2.24. The van der Waals surface area contributed by atoms with Crippen molar-refractivity contribution in [2.45, 2.75) is 31.9 Å². The third kappa shape index (κ3) is 5.01. The maximum atomic E-state index is 12.2. The maximum Gasteiger partial charge on any atom is 0.154 e. The van der Waals surface area contributed by atoms with Gasteiger partial charge in [-0.25, -0.2) is 8.42 Å². The summed E-state index contributed by atoms with van der Waals surface area (Å²) in [6, 6.07) is 17.6. The number of benzene rings is 2. The van der Waals surface area contributed by atoms with Crippen molar-refractivity contribution in [1.29, 1.82) is 0 Å². The normalized spacial score (nSPS) is 11.8. The van der Waals surface area contributed by atoms with Crippen LogP contribution in [0, 0.1) is 0 Å². The van der Waals surface area contributed by atoms with E-state index in [0.29, 0.717) is 12.3 Å². The molecule has 0 aromatic heterocycles. The molecule has 0 unspecified atom stereocenters. The SMILES string of the molecule is CC(C)c1ccc(CS(=O)(=O)CCc2ccccc2)cc1. The lowest BCUT2D eigenvalue weighted by atomic mass is 10.0. The van der Waals surface area contributed by atoms with Gasteiger partial charge in [-0.05, 0) is 29.0 Å². The lowest BCUT2D eigenvalue weighted by Gasteiger charge is -2.08. The molecule has 0 saturated carbocycles. The van der Waals surface area contributed by atoms with Crippen molar-refractivity contribution in [2.24, 2.45) is 0 Å². The van der Waals surface area contributed by atoms with Gasteiger partial charge in [0, 0.05) is 0 Å². The van der Waals surface area contributed by atoms with Crippen LogP contribution in [0.1, 0.15) is 36.5 Å². The summed E-state index contributed by atoms with van der Waals surface area (Å²) in [5.41, 5.74) is 3.17. The standard InChI is InChI=1S/C18H22O2S/c1-15(2)18-10-8-17(9-11-18)14-21(19,20)13-12-16-6-4-3-5-7-16/h3-11,15H,12-14H2,1-2H3. The number of sulfone groups is 1. The van der Waals surface area contributed by atoms with Gasteiger partial charge in [0.1, 0.15) is 0 Å². The van der Waals surface area contributed by atoms with Gasteiger partial charge in [0.25, 0.3) is 0 Å². The van der Waals surface area contributed by atoms with Crippen LogP contribution in [0.5, 0.6) is 0 Å². The number of hydrogen-bond acceptors (Lipinski definition) is 2. The summed E-state index contributed by atoms with van der Waals surface area (Å²) in [5.74, 6) is 0.787. The van der Waals surface area contributed by atoms with Gasteiger partial charge in [-0.2, -0.15) is 0 Å². The molecule has 3 heteroatoms. The van der Waals surface area contributed by atoms with Crippen molar-refractivity contribution in [1.82, 2.24) is 0 Å². The first-order valence-electron chi connectivity index (χ1n) is 7.29. The van der Waals surface area contributed by atoms with Crippen LogP contribution < -0.4 is 0 Å². The van der Waals surface area contributed by atoms with Crippen LogP contribution in [0.15, 0.2) is 54.6 Å². The molecule has 0 fully saturated rings. The highest BCUT2D eigenvalue weighted by atomic mass is 32.2. The highest BCUT2D eigenvalue weighted by molar-refractivity contribution is 7.90. The molecule has 21 heavy (non-hydrogen) atoms. The molecule has 0 aliphatic heterocycles. The van der Waals surface area contributed by atoms with Crippen LogP contribution >= 0.6 is 0 Å². The van der Waals surface area contributed by atoms with Gasteiger partial charge in [-0.1, -0.05) is 68.4 Å². The lowest BCUT2D eigenvalue weighted by molar-refractivity contribution is 0.594. The Labute approximate surface area is 127 Å². The molecule has 0 radical (unpaired) electrons. The highest BCUT2D eigenvalue weighted by Gasteiger charge is 2.12. The predicted molar refractivity (Wildman–Crippen MR) is 88.2 cm³/mol. The third-order valence-corrected chi connectivity index (χ3v) is 5.18. The number of rotatable bonds is 6. The molecular weight excluding hydrogens is 280 g/mol. The molecular formula is C18H22O2S. The molecule has 0 bridgehead atoms. The summed E-state index contributed by atoms with van der Waals surface area (Å²) in [4.78, 5) is 0. The Balaban J connectivity index is 1.97. The van der Waals surface area contributed by atoms with Crippen molar-refractivity contribution >= 4 is 9.84 Å². The van der Waals surface area contributed by atoms with E-state index < -0.39 is 9.84 Å². The molecule has 0 atom stereocenters. The minimum absolute atomic E-state index is 0.123. The van der Waals surface area contributed by atoms with Gasteiger partial charge < -0.3 is 0 Å². The molecule has 2 aromatic carbocycles. The first-order chi connectivity index (χ1) is 9.96. The summed E-state index contributed by atoms with van der Waals surface area (Å²) >= 11 is 0. The summed E-state index contributed by atoms with van der Waals surface area (Å²) < 4.78 is 24.4. The molecule has 0 N–H and O–H groups in total. The average Bonchev–Trinajstić information content (AvgIpc) is 2.46. The fraction of sp³-hybridized carbons (Fsp3) is 0.333. The van der Waals surface area contributed by atoms with E-state index in [1.165, 1.54) is 5.56 Å². The van der Waals surface area contributed by atoms with E-state index in [0.717, 1.165) is 11.1 Å². The monoisotopic (exact) mass is 302 g/mol. The van der Waals surface area contributed by atoms with Gasteiger partial charge in [0.2, 0.25) is 0 Å². The lowest BCUT2D eigenvalue weighted by Crippen LogP contribution is -2.11. The van der Waals surface area contributed by atoms with Crippen LogP contribution in [-0.2, 0) is 22.0 Å². The van der Waals surface area contributed by atoms with E-state index in [1.54, 1.807) is 0 Å². The second-order valence-corrected chi connectivity index (χ2v) is 7.91. The predicted octanol–water partition coefficient (Wildman–Crippen LogP) is 3.97. The summed E-state index contributed by atoms with van der Waals surface area (Å²) in [7, 11) is -3.07. The zero-order chi connectivity index (χ0) is 15.3. The van der Waals surface area contributed by atoms with E-state index in [2.05, 4.69) is 13.8 Å². The Kier molecular flexibility index (Phi) is 5.18. The van der Waals surface area contributed by atoms with Gasteiger partial charge in [-0.15, -0.1) is 0 Å². The fourth-order valence-corrected chi connectivity index (χ4v) is 3.63. The van der Waals surface area contributed by atoms with Crippen molar-refractivity contribution in [3.8, 4) is 0 Å². The third-order valence-electron chi connectivity index (χ3n) is 3.58. The number of aryl methyl sites for hydroxylation is 1. The van der Waals surface area contributed by atoms with Crippen LogP contribution in [0.3, 0.4) is 0 Å². The van der Waals surface area contributed by atoms with Gasteiger partial charge in [0.15, 0.2) is 9.84 Å². The Morgan fingerprint density at radius 2 is 1.48 bits per heavy atom. The molecule has 2 rings (SSSR count). The highest BCUT2D eigenvalue weighted by Crippen LogP contribution is 2.16. The van der Waals surface area contributed by atoms with Crippen LogP contribution in [0.2, 0.25) is 0 Å². The first kappa shape index (κ1) is 15.8. The molecule has 0 saturated heterocycles. The molecule has 0 aliphatic rings. The van der Waals surface area contributed by atoms with Crippen LogP contribution in [-0.4, -0.2) is 14.2 Å². The Morgan fingerprint density at radius 3 is 2.05 bits per heavy atom. The molecule has 0 spiro atoms. The second-order valence-electron chi connectivity index (χ2n) is 5.72. The van der Waals surface area contributed by atoms with Crippen molar-refractivity contribution in [3.05, 3.63) is 71.3 Å². The van der Waals surface area contributed by atoms with E-state index in [4.69, 9.17) is 0 Å². The smallest absolute Gasteiger partial charge is 0.154 e. The van der Waals surface area contributed by atoms with Gasteiger partial charge in [0.05, 0.1) is 11.5 Å². The molecule has 2 aromatic rings. The molecule has 0 amide bonds. The van der Waals surface area contributed by atoms with Crippen LogP contribution in [0.25, 0.3) is 0 Å². The molecule has 0 heterocycles. The molecule has 2 nitrogen and oxygen atoms in total. The largest absolute Gasteiger partial charge is 0.228 e. The average molecular weight is 302 g/mol. The molecule has 0 aliphatic carbocycles. The molecule has 112 valence electrons. The Bertz CT molecular complexity index is 656. The first-order valence-corrected chi connectivity index (χ1v) is 9.11. The second kappa shape index (κ2) is 6.90. The Hall–Kier alpha value is -1.61.